The zero-order chi connectivity index (χ0) is 27.8. The van der Waals surface area contributed by atoms with E-state index in [1.54, 1.807) is 37.3 Å². The van der Waals surface area contributed by atoms with Crippen molar-refractivity contribution in [3.63, 3.8) is 0 Å². The van der Waals surface area contributed by atoms with Gasteiger partial charge in [-0.1, -0.05) is 86.0 Å². The number of rotatable bonds is 10. The lowest BCUT2D eigenvalue weighted by Crippen LogP contribution is -2.53. The van der Waals surface area contributed by atoms with Gasteiger partial charge in [0.25, 0.3) is 10.0 Å². The van der Waals surface area contributed by atoms with Crippen LogP contribution in [0.5, 0.6) is 0 Å². The zero-order valence-electron chi connectivity index (χ0n) is 22.6. The van der Waals surface area contributed by atoms with E-state index in [2.05, 4.69) is 5.32 Å². The Hall–Kier alpha value is -3.65. The summed E-state index contributed by atoms with van der Waals surface area (Å²) < 4.78 is 28.8. The number of benzene rings is 3. The van der Waals surface area contributed by atoms with Crippen LogP contribution in [0, 0.1) is 6.92 Å². The molecule has 1 saturated carbocycles. The molecule has 1 unspecified atom stereocenters. The molecule has 7 nitrogen and oxygen atoms in total. The molecular formula is C31H37N3O4S. The second-order valence-corrected chi connectivity index (χ2v) is 12.0. The van der Waals surface area contributed by atoms with Gasteiger partial charge in [-0.15, -0.1) is 0 Å². The Balaban J connectivity index is 1.66. The fourth-order valence-corrected chi connectivity index (χ4v) is 6.51. The minimum Gasteiger partial charge on any atom is -0.352 e. The molecule has 0 heterocycles. The molecule has 1 atom stereocenters. The first kappa shape index (κ1) is 28.4. The van der Waals surface area contributed by atoms with Gasteiger partial charge < -0.3 is 10.2 Å². The van der Waals surface area contributed by atoms with Gasteiger partial charge in [0.1, 0.15) is 12.6 Å². The third kappa shape index (κ3) is 7.06. The molecule has 3 aromatic carbocycles. The minimum atomic E-state index is -4.06. The molecule has 0 aliphatic heterocycles. The fourth-order valence-electron chi connectivity index (χ4n) is 5.01. The summed E-state index contributed by atoms with van der Waals surface area (Å²) in [7, 11) is -4.06. The first-order valence-electron chi connectivity index (χ1n) is 13.5. The molecule has 8 heteroatoms. The fraction of sp³-hybridized carbons (Fsp3) is 0.355. The molecule has 0 aromatic heterocycles. The van der Waals surface area contributed by atoms with Crippen molar-refractivity contribution in [1.29, 1.82) is 0 Å². The van der Waals surface area contributed by atoms with Crippen molar-refractivity contribution in [2.24, 2.45) is 0 Å². The molecule has 4 rings (SSSR count). The standard InChI is InChI=1S/C31H37N3O4S/c1-24-14-12-13-21-29(24)34(39(37,38)28-19-10-5-11-20-28)23-30(35)33(22-26-15-6-3-7-16-26)25(2)31(36)32-27-17-8-4-9-18-27/h3,5-7,10-16,19-21,25,27H,4,8-9,17-18,22-23H2,1-2H3,(H,32,36). The minimum absolute atomic E-state index is 0.0961. The molecule has 1 aliphatic carbocycles. The second-order valence-electron chi connectivity index (χ2n) is 10.1. The molecule has 206 valence electrons. The number of anilines is 1. The second kappa shape index (κ2) is 12.9. The summed E-state index contributed by atoms with van der Waals surface area (Å²) in [4.78, 5) is 28.9. The van der Waals surface area contributed by atoms with Crippen LogP contribution in [-0.2, 0) is 26.2 Å². The summed E-state index contributed by atoms with van der Waals surface area (Å²) >= 11 is 0. The van der Waals surface area contributed by atoms with Gasteiger partial charge in [-0.25, -0.2) is 8.42 Å². The van der Waals surface area contributed by atoms with Gasteiger partial charge >= 0.3 is 0 Å². The van der Waals surface area contributed by atoms with Crippen molar-refractivity contribution in [1.82, 2.24) is 10.2 Å². The van der Waals surface area contributed by atoms with Crippen LogP contribution in [0.3, 0.4) is 0 Å². The quantitative estimate of drug-likeness (QED) is 0.385. The van der Waals surface area contributed by atoms with Crippen molar-refractivity contribution in [2.75, 3.05) is 10.8 Å². The number of carbonyl (C=O) groups excluding carboxylic acids is 2. The number of hydrogen-bond acceptors (Lipinski definition) is 4. The predicted octanol–water partition coefficient (Wildman–Crippen LogP) is 5.06. The van der Waals surface area contributed by atoms with E-state index in [9.17, 15) is 18.0 Å². The molecule has 0 bridgehead atoms. The van der Waals surface area contributed by atoms with Gasteiger partial charge in [0.15, 0.2) is 0 Å². The van der Waals surface area contributed by atoms with E-state index in [1.807, 2.05) is 49.4 Å². The van der Waals surface area contributed by atoms with Crippen molar-refractivity contribution >= 4 is 27.5 Å². The van der Waals surface area contributed by atoms with E-state index in [4.69, 9.17) is 0 Å². The number of para-hydroxylation sites is 1. The predicted molar refractivity (Wildman–Crippen MR) is 154 cm³/mol. The first-order chi connectivity index (χ1) is 18.8. The van der Waals surface area contributed by atoms with E-state index in [-0.39, 0.29) is 23.4 Å². The van der Waals surface area contributed by atoms with E-state index < -0.39 is 28.5 Å². The van der Waals surface area contributed by atoms with Crippen LogP contribution in [0.15, 0.2) is 89.8 Å². The molecule has 1 fully saturated rings. The van der Waals surface area contributed by atoms with Crippen LogP contribution in [0.2, 0.25) is 0 Å². The monoisotopic (exact) mass is 547 g/mol. The summed E-state index contributed by atoms with van der Waals surface area (Å²) in [5.74, 6) is -0.674. The van der Waals surface area contributed by atoms with E-state index in [1.165, 1.54) is 23.5 Å². The van der Waals surface area contributed by atoms with Gasteiger partial charge in [0, 0.05) is 12.6 Å². The number of nitrogens with zero attached hydrogens (tertiary/aromatic N) is 2. The summed E-state index contributed by atoms with van der Waals surface area (Å²) in [6.07, 6.45) is 5.19. The maximum absolute atomic E-state index is 14.0. The van der Waals surface area contributed by atoms with Crippen LogP contribution >= 0.6 is 0 Å². The lowest BCUT2D eigenvalue weighted by molar-refractivity contribution is -0.139. The van der Waals surface area contributed by atoms with Crippen molar-refractivity contribution in [2.45, 2.75) is 69.5 Å². The molecule has 0 saturated heterocycles. The summed E-state index contributed by atoms with van der Waals surface area (Å²) in [5, 5.41) is 3.13. The van der Waals surface area contributed by atoms with Gasteiger partial charge in [0.2, 0.25) is 11.8 Å². The molecule has 2 amide bonds. The van der Waals surface area contributed by atoms with Gasteiger partial charge in [-0.05, 0) is 56.0 Å². The summed E-state index contributed by atoms with van der Waals surface area (Å²) in [6, 6.07) is 24.0. The first-order valence-corrected chi connectivity index (χ1v) is 15.0. The maximum atomic E-state index is 14.0. The Kier molecular flexibility index (Phi) is 9.41. The van der Waals surface area contributed by atoms with Crippen LogP contribution < -0.4 is 9.62 Å². The maximum Gasteiger partial charge on any atom is 0.264 e. The molecular weight excluding hydrogens is 510 g/mol. The molecule has 1 N–H and O–H groups in total. The largest absolute Gasteiger partial charge is 0.352 e. The molecule has 0 spiro atoms. The highest BCUT2D eigenvalue weighted by Crippen LogP contribution is 2.27. The number of nitrogens with one attached hydrogen (secondary N) is 1. The normalized spacial score (nSPS) is 14.8. The van der Waals surface area contributed by atoms with Crippen LogP contribution in [0.4, 0.5) is 5.69 Å². The zero-order valence-corrected chi connectivity index (χ0v) is 23.4. The highest BCUT2D eigenvalue weighted by molar-refractivity contribution is 7.92. The van der Waals surface area contributed by atoms with Gasteiger partial charge in [-0.2, -0.15) is 0 Å². The van der Waals surface area contributed by atoms with Crippen molar-refractivity contribution in [3.05, 3.63) is 96.1 Å². The smallest absolute Gasteiger partial charge is 0.264 e. The number of carbonyl (C=O) groups is 2. The number of sulfonamides is 1. The van der Waals surface area contributed by atoms with E-state index in [0.717, 1.165) is 41.1 Å². The highest BCUT2D eigenvalue weighted by Gasteiger charge is 2.33. The molecule has 0 radical (unpaired) electrons. The third-order valence-corrected chi connectivity index (χ3v) is 9.08. The summed E-state index contributed by atoms with van der Waals surface area (Å²) in [6.45, 7) is 3.28. The Labute approximate surface area is 231 Å². The average molecular weight is 548 g/mol. The SMILES string of the molecule is Cc1ccccc1N(CC(=O)N(Cc1ccccc1)C(C)C(=O)NC1CCCCC1)S(=O)(=O)c1ccccc1. The van der Waals surface area contributed by atoms with Crippen molar-refractivity contribution in [3.8, 4) is 0 Å². The van der Waals surface area contributed by atoms with E-state index in [0.29, 0.717) is 5.69 Å². The molecule has 3 aromatic rings. The number of amides is 2. The van der Waals surface area contributed by atoms with Crippen LogP contribution in [0.1, 0.15) is 50.2 Å². The molecule has 1 aliphatic rings. The highest BCUT2D eigenvalue weighted by atomic mass is 32.2. The van der Waals surface area contributed by atoms with Crippen molar-refractivity contribution < 1.29 is 18.0 Å². The number of aryl methyl sites for hydroxylation is 1. The Bertz CT molecular complexity index is 1360. The number of hydrogen-bond donors (Lipinski definition) is 1. The Morgan fingerprint density at radius 3 is 2.10 bits per heavy atom. The van der Waals surface area contributed by atoms with Gasteiger partial charge in [-0.3, -0.25) is 13.9 Å². The lowest BCUT2D eigenvalue weighted by atomic mass is 9.95. The topological polar surface area (TPSA) is 86.8 Å². The van der Waals surface area contributed by atoms with E-state index >= 15 is 0 Å². The summed E-state index contributed by atoms with van der Waals surface area (Å²) in [5.41, 5.74) is 2.01. The Morgan fingerprint density at radius 2 is 1.46 bits per heavy atom. The molecule has 39 heavy (non-hydrogen) atoms. The Morgan fingerprint density at radius 1 is 0.872 bits per heavy atom. The van der Waals surface area contributed by atoms with Gasteiger partial charge in [0.05, 0.1) is 10.6 Å². The average Bonchev–Trinajstić information content (AvgIpc) is 2.96. The van der Waals surface area contributed by atoms with Crippen LogP contribution in [0.25, 0.3) is 0 Å². The van der Waals surface area contributed by atoms with Crippen LogP contribution in [-0.4, -0.2) is 43.8 Å². The lowest BCUT2D eigenvalue weighted by Gasteiger charge is -2.33. The third-order valence-electron chi connectivity index (χ3n) is 7.31.